The average Bonchev–Trinajstić information content (AvgIpc) is 3.22. The van der Waals surface area contributed by atoms with E-state index in [2.05, 4.69) is 75.6 Å². The summed E-state index contributed by atoms with van der Waals surface area (Å²) in [5.74, 6) is 1.61. The molecule has 0 spiro atoms. The number of rotatable bonds is 4. The quantitative estimate of drug-likeness (QED) is 0.776. The van der Waals surface area contributed by atoms with Gasteiger partial charge in [-0.25, -0.2) is 0 Å². The molecule has 2 fully saturated rings. The van der Waals surface area contributed by atoms with Gasteiger partial charge in [0.15, 0.2) is 0 Å². The standard InChI is InChI=1S/C23H34N4/c1-15(2)27-14-19(22(25-27)23(3,4)5)17-12-26(6)13-18(17)21-9-7-8-20(24-21)16-10-11-16/h7-9,14-18H,10-13H2,1-6H3. The van der Waals surface area contributed by atoms with E-state index in [-0.39, 0.29) is 5.41 Å². The second-order valence-electron chi connectivity index (χ2n) is 9.95. The number of hydrogen-bond acceptors (Lipinski definition) is 3. The first-order chi connectivity index (χ1) is 12.7. The highest BCUT2D eigenvalue weighted by Crippen LogP contribution is 2.44. The van der Waals surface area contributed by atoms with E-state index >= 15 is 0 Å². The first-order valence-electron chi connectivity index (χ1n) is 10.5. The molecule has 0 bridgehead atoms. The molecule has 2 unspecified atom stereocenters. The highest BCUT2D eigenvalue weighted by molar-refractivity contribution is 5.34. The fourth-order valence-electron chi connectivity index (χ4n) is 4.42. The van der Waals surface area contributed by atoms with Crippen LogP contribution in [-0.4, -0.2) is 39.8 Å². The van der Waals surface area contributed by atoms with Crippen molar-refractivity contribution in [1.29, 1.82) is 0 Å². The Balaban J connectivity index is 1.74. The average molecular weight is 367 g/mol. The number of aromatic nitrogens is 3. The summed E-state index contributed by atoms with van der Waals surface area (Å²) in [7, 11) is 2.24. The predicted octanol–water partition coefficient (Wildman–Crippen LogP) is 4.85. The third kappa shape index (κ3) is 3.69. The lowest BCUT2D eigenvalue weighted by atomic mass is 9.80. The van der Waals surface area contributed by atoms with E-state index in [1.54, 1.807) is 0 Å². The van der Waals surface area contributed by atoms with Crippen molar-refractivity contribution in [2.75, 3.05) is 20.1 Å². The third-order valence-electron chi connectivity index (χ3n) is 6.07. The molecule has 0 N–H and O–H groups in total. The van der Waals surface area contributed by atoms with Crippen molar-refractivity contribution in [3.63, 3.8) is 0 Å². The molecule has 146 valence electrons. The second-order valence-corrected chi connectivity index (χ2v) is 9.95. The van der Waals surface area contributed by atoms with Gasteiger partial charge < -0.3 is 4.90 Å². The van der Waals surface area contributed by atoms with Crippen molar-refractivity contribution in [3.8, 4) is 0 Å². The van der Waals surface area contributed by atoms with Crippen LogP contribution in [0.5, 0.6) is 0 Å². The normalized spacial score (nSPS) is 24.1. The Morgan fingerprint density at radius 1 is 1.04 bits per heavy atom. The smallest absolute Gasteiger partial charge is 0.0713 e. The maximum absolute atomic E-state index is 5.11. The predicted molar refractivity (Wildman–Crippen MR) is 111 cm³/mol. The summed E-state index contributed by atoms with van der Waals surface area (Å²) in [5.41, 5.74) is 5.29. The first kappa shape index (κ1) is 18.7. The Morgan fingerprint density at radius 2 is 1.70 bits per heavy atom. The lowest BCUT2D eigenvalue weighted by molar-refractivity contribution is 0.406. The van der Waals surface area contributed by atoms with Crippen LogP contribution in [0, 0.1) is 0 Å². The summed E-state index contributed by atoms with van der Waals surface area (Å²) < 4.78 is 2.15. The van der Waals surface area contributed by atoms with E-state index in [1.165, 1.54) is 35.5 Å². The van der Waals surface area contributed by atoms with Gasteiger partial charge >= 0.3 is 0 Å². The van der Waals surface area contributed by atoms with E-state index in [0.29, 0.717) is 23.8 Å². The largest absolute Gasteiger partial charge is 0.305 e. The van der Waals surface area contributed by atoms with Crippen LogP contribution < -0.4 is 0 Å². The summed E-state index contributed by atoms with van der Waals surface area (Å²) in [6.45, 7) is 13.4. The zero-order valence-electron chi connectivity index (χ0n) is 17.7. The van der Waals surface area contributed by atoms with Crippen LogP contribution in [0.25, 0.3) is 0 Å². The number of likely N-dealkylation sites (N-methyl/N-ethyl adjacent to an activating group) is 1. The van der Waals surface area contributed by atoms with Crippen LogP contribution in [0.3, 0.4) is 0 Å². The van der Waals surface area contributed by atoms with Crippen LogP contribution in [-0.2, 0) is 5.41 Å². The number of pyridine rings is 1. The summed E-state index contributed by atoms with van der Waals surface area (Å²) in [4.78, 5) is 7.57. The van der Waals surface area contributed by atoms with Crippen LogP contribution in [0.2, 0.25) is 0 Å². The highest BCUT2D eigenvalue weighted by Gasteiger charge is 2.39. The van der Waals surface area contributed by atoms with Crippen molar-refractivity contribution < 1.29 is 0 Å². The van der Waals surface area contributed by atoms with Crippen LogP contribution in [0.1, 0.15) is 93.9 Å². The molecule has 1 saturated heterocycles. The van der Waals surface area contributed by atoms with Gasteiger partial charge in [-0.3, -0.25) is 9.67 Å². The Labute approximate surface area is 164 Å². The zero-order chi connectivity index (χ0) is 19.3. The molecule has 3 heterocycles. The number of hydrogen-bond donors (Lipinski definition) is 0. The Bertz CT molecular complexity index is 810. The molecule has 4 heteroatoms. The van der Waals surface area contributed by atoms with Crippen molar-refractivity contribution in [3.05, 3.63) is 47.0 Å². The molecule has 2 aromatic rings. The molecule has 0 radical (unpaired) electrons. The third-order valence-corrected chi connectivity index (χ3v) is 6.07. The van der Waals surface area contributed by atoms with Gasteiger partial charge in [0.1, 0.15) is 0 Å². The Kier molecular flexibility index (Phi) is 4.66. The van der Waals surface area contributed by atoms with Gasteiger partial charge in [0.25, 0.3) is 0 Å². The monoisotopic (exact) mass is 366 g/mol. The molecule has 1 saturated carbocycles. The molecular formula is C23H34N4. The summed E-state index contributed by atoms with van der Waals surface area (Å²) in [6, 6.07) is 7.06. The van der Waals surface area contributed by atoms with Gasteiger partial charge in [0.05, 0.1) is 5.69 Å². The fraction of sp³-hybridized carbons (Fsp3) is 0.652. The van der Waals surface area contributed by atoms with Gasteiger partial charge in [0, 0.05) is 59.9 Å². The molecule has 0 amide bonds. The maximum atomic E-state index is 5.11. The Morgan fingerprint density at radius 3 is 2.33 bits per heavy atom. The van der Waals surface area contributed by atoms with Crippen LogP contribution >= 0.6 is 0 Å². The number of likely N-dealkylation sites (tertiary alicyclic amines) is 1. The summed E-state index contributed by atoms with van der Waals surface area (Å²) in [6.07, 6.45) is 4.92. The molecule has 0 aromatic carbocycles. The summed E-state index contributed by atoms with van der Waals surface area (Å²) in [5, 5.41) is 5.01. The molecule has 1 aliphatic heterocycles. The Hall–Kier alpha value is -1.68. The van der Waals surface area contributed by atoms with E-state index in [1.807, 2.05) is 0 Å². The van der Waals surface area contributed by atoms with Gasteiger partial charge in [-0.15, -0.1) is 0 Å². The highest BCUT2D eigenvalue weighted by atomic mass is 15.3. The van der Waals surface area contributed by atoms with E-state index in [4.69, 9.17) is 10.1 Å². The SMILES string of the molecule is CC(C)n1cc(C2CN(C)CC2c2cccc(C3CC3)n2)c(C(C)(C)C)n1. The van der Waals surface area contributed by atoms with E-state index < -0.39 is 0 Å². The minimum absolute atomic E-state index is 0.0461. The molecule has 4 nitrogen and oxygen atoms in total. The lowest BCUT2D eigenvalue weighted by Gasteiger charge is -2.23. The second kappa shape index (κ2) is 6.73. The number of nitrogens with zero attached hydrogens (tertiary/aromatic N) is 4. The molecule has 2 atom stereocenters. The summed E-state index contributed by atoms with van der Waals surface area (Å²) >= 11 is 0. The molecule has 2 aliphatic rings. The van der Waals surface area contributed by atoms with Crippen molar-refractivity contribution in [2.24, 2.45) is 0 Å². The fourth-order valence-corrected chi connectivity index (χ4v) is 4.42. The molecular weight excluding hydrogens is 332 g/mol. The molecule has 1 aliphatic carbocycles. The first-order valence-corrected chi connectivity index (χ1v) is 10.5. The van der Waals surface area contributed by atoms with Crippen LogP contribution in [0.15, 0.2) is 24.4 Å². The minimum atomic E-state index is 0.0461. The van der Waals surface area contributed by atoms with Crippen molar-refractivity contribution in [2.45, 2.75) is 76.7 Å². The van der Waals surface area contributed by atoms with Crippen LogP contribution in [0.4, 0.5) is 0 Å². The minimum Gasteiger partial charge on any atom is -0.305 e. The topological polar surface area (TPSA) is 34.0 Å². The molecule has 4 rings (SSSR count). The van der Waals surface area contributed by atoms with E-state index in [0.717, 1.165) is 13.1 Å². The van der Waals surface area contributed by atoms with E-state index in [9.17, 15) is 0 Å². The van der Waals surface area contributed by atoms with Crippen molar-refractivity contribution >= 4 is 0 Å². The van der Waals surface area contributed by atoms with Gasteiger partial charge in [-0.1, -0.05) is 26.8 Å². The zero-order valence-corrected chi connectivity index (χ0v) is 17.7. The van der Waals surface area contributed by atoms with Crippen molar-refractivity contribution in [1.82, 2.24) is 19.7 Å². The molecule has 27 heavy (non-hydrogen) atoms. The maximum Gasteiger partial charge on any atom is 0.0713 e. The van der Waals surface area contributed by atoms with Gasteiger partial charge in [-0.2, -0.15) is 5.10 Å². The molecule has 2 aromatic heterocycles. The van der Waals surface area contributed by atoms with Gasteiger partial charge in [-0.05, 0) is 51.4 Å². The van der Waals surface area contributed by atoms with Gasteiger partial charge in [0.2, 0.25) is 0 Å². The lowest BCUT2D eigenvalue weighted by Crippen LogP contribution is -2.19.